The van der Waals surface area contributed by atoms with E-state index in [0.29, 0.717) is 0 Å². The Morgan fingerprint density at radius 2 is 1.67 bits per heavy atom. The maximum absolute atomic E-state index is 11.5. The van der Waals surface area contributed by atoms with E-state index in [1.54, 1.807) is 0 Å². The van der Waals surface area contributed by atoms with Gasteiger partial charge in [0, 0.05) is 0 Å². The molecular weight excluding hydrogens is 105 g/mol. The second-order valence-electron chi connectivity index (χ2n) is 1.09. The Morgan fingerprint density at radius 1 is 1.33 bits per heavy atom. The maximum Gasteiger partial charge on any atom is 0.235 e. The van der Waals surface area contributed by atoms with Gasteiger partial charge >= 0.3 is 0 Å². The number of hydrogen-bond acceptors (Lipinski definition) is 0. The lowest BCUT2D eigenvalue weighted by atomic mass is 10.8. The summed E-state index contributed by atoms with van der Waals surface area (Å²) in [4.78, 5) is 0. The van der Waals surface area contributed by atoms with Crippen LogP contribution in [0.25, 0.3) is 0 Å². The Labute approximate surface area is 34.7 Å². The molecule has 0 aromatic carbocycles. The highest BCUT2D eigenvalue weighted by molar-refractivity contribution is 7.70. The fourth-order valence-electron chi connectivity index (χ4n) is 0.216. The molecule has 1 heterocycles. The third kappa shape index (κ3) is 0.526. The molecule has 0 amide bonds. The van der Waals surface area contributed by atoms with Crippen molar-refractivity contribution in [3.63, 3.8) is 0 Å². The van der Waals surface area contributed by atoms with Crippen molar-refractivity contribution in [1.29, 1.82) is 0 Å². The van der Waals surface area contributed by atoms with Crippen molar-refractivity contribution >= 4 is 13.3 Å². The average molecular weight is 108 g/mol. The SMILES string of the molecule is FP1(F)=CC=C1. The van der Waals surface area contributed by atoms with Gasteiger partial charge in [0.2, 0.25) is 7.51 Å². The van der Waals surface area contributed by atoms with E-state index in [9.17, 15) is 8.39 Å². The van der Waals surface area contributed by atoms with E-state index in [4.69, 9.17) is 0 Å². The molecule has 1 aliphatic rings. The molecule has 0 aromatic heterocycles. The molecule has 0 N–H and O–H groups in total. The monoisotopic (exact) mass is 108 g/mol. The Kier molecular flexibility index (Phi) is 0.638. The Morgan fingerprint density at radius 3 is 1.67 bits per heavy atom. The second kappa shape index (κ2) is 0.941. The van der Waals surface area contributed by atoms with Gasteiger partial charge in [0.15, 0.2) is 0 Å². The first-order valence-corrected chi connectivity index (χ1v) is 3.23. The Balaban J connectivity index is 2.78. The zero-order chi connectivity index (χ0) is 4.62. The number of halogens is 2. The van der Waals surface area contributed by atoms with Gasteiger partial charge in [-0.1, -0.05) is 6.08 Å². The minimum atomic E-state index is -3.52. The van der Waals surface area contributed by atoms with Crippen LogP contribution in [-0.2, 0) is 0 Å². The number of rotatable bonds is 0. The van der Waals surface area contributed by atoms with Crippen LogP contribution in [0.15, 0.2) is 11.9 Å². The third-order valence-corrected chi connectivity index (χ3v) is 1.71. The van der Waals surface area contributed by atoms with Crippen LogP contribution in [0.4, 0.5) is 8.39 Å². The van der Waals surface area contributed by atoms with Crippen molar-refractivity contribution < 1.29 is 8.39 Å². The largest absolute Gasteiger partial charge is 0.235 e. The van der Waals surface area contributed by atoms with Crippen molar-refractivity contribution in [2.24, 2.45) is 0 Å². The van der Waals surface area contributed by atoms with Crippen molar-refractivity contribution in [3.8, 4) is 0 Å². The van der Waals surface area contributed by atoms with Crippen LogP contribution < -0.4 is 0 Å². The summed E-state index contributed by atoms with van der Waals surface area (Å²) in [7, 11) is -3.52. The minimum Gasteiger partial charge on any atom is -0.189 e. The van der Waals surface area contributed by atoms with Gasteiger partial charge in [0.05, 0.1) is 0 Å². The highest BCUT2D eigenvalue weighted by Crippen LogP contribution is 2.56. The fraction of sp³-hybridized carbons (Fsp3) is 0. The van der Waals surface area contributed by atoms with Crippen molar-refractivity contribution in [2.45, 2.75) is 0 Å². The summed E-state index contributed by atoms with van der Waals surface area (Å²) < 4.78 is 23.0. The normalized spacial score (nSPS) is 25.0. The van der Waals surface area contributed by atoms with Crippen LogP contribution in [0.5, 0.6) is 0 Å². The van der Waals surface area contributed by atoms with Gasteiger partial charge in [-0.25, -0.2) is 0 Å². The predicted molar refractivity (Wildman–Crippen MR) is 24.3 cm³/mol. The zero-order valence-electron chi connectivity index (χ0n) is 2.94. The van der Waals surface area contributed by atoms with E-state index in [1.807, 2.05) is 0 Å². The molecule has 3 heteroatoms. The molecule has 0 aromatic rings. The first kappa shape index (κ1) is 4.07. The van der Waals surface area contributed by atoms with Crippen molar-refractivity contribution in [1.82, 2.24) is 0 Å². The van der Waals surface area contributed by atoms with E-state index < -0.39 is 7.51 Å². The number of hydrogen-bond donors (Lipinski definition) is 0. The molecule has 0 aliphatic carbocycles. The molecule has 6 heavy (non-hydrogen) atoms. The Hall–Kier alpha value is -0.100. The highest BCUT2D eigenvalue weighted by Gasteiger charge is 2.12. The van der Waals surface area contributed by atoms with E-state index in [1.165, 1.54) is 6.08 Å². The summed E-state index contributed by atoms with van der Waals surface area (Å²) in [5.74, 6) is 1.93. The van der Waals surface area contributed by atoms with Gasteiger partial charge in [-0.3, -0.25) is 0 Å². The van der Waals surface area contributed by atoms with Gasteiger partial charge in [0.1, 0.15) is 0 Å². The fourth-order valence-corrected chi connectivity index (χ4v) is 0.649. The predicted octanol–water partition coefficient (Wildman–Crippen LogP) is 2.10. The molecule has 0 saturated heterocycles. The molecule has 0 atom stereocenters. The first-order chi connectivity index (χ1) is 2.71. The molecule has 0 fully saturated rings. The van der Waals surface area contributed by atoms with Gasteiger partial charge in [-0.05, 0) is 11.6 Å². The van der Waals surface area contributed by atoms with Crippen molar-refractivity contribution in [3.05, 3.63) is 11.9 Å². The van der Waals surface area contributed by atoms with Crippen LogP contribution in [-0.4, -0.2) is 5.80 Å². The van der Waals surface area contributed by atoms with Gasteiger partial charge in [-0.15, -0.1) is 0 Å². The van der Waals surface area contributed by atoms with Crippen LogP contribution in [0.1, 0.15) is 0 Å². The quantitative estimate of drug-likeness (QED) is 0.417. The maximum atomic E-state index is 11.5. The molecule has 0 spiro atoms. The van der Waals surface area contributed by atoms with Crippen LogP contribution in [0.2, 0.25) is 0 Å². The smallest absolute Gasteiger partial charge is 0.189 e. The lowest BCUT2D eigenvalue weighted by Crippen LogP contribution is -1.73. The third-order valence-electron chi connectivity index (χ3n) is 0.570. The van der Waals surface area contributed by atoms with E-state index in [2.05, 4.69) is 0 Å². The molecule has 1 rings (SSSR count). The lowest BCUT2D eigenvalue weighted by Gasteiger charge is -2.01. The standard InChI is InChI=1S/C3H3F2P/c4-6(5)2-1-3-6/h1-3H. The summed E-state index contributed by atoms with van der Waals surface area (Å²) in [5.41, 5.74) is 0. The Bertz CT molecular complexity index is 130. The summed E-state index contributed by atoms with van der Waals surface area (Å²) >= 11 is 0. The van der Waals surface area contributed by atoms with E-state index in [-0.39, 0.29) is 0 Å². The molecule has 0 nitrogen and oxygen atoms in total. The average Bonchev–Trinajstić information content (AvgIpc) is 1.32. The van der Waals surface area contributed by atoms with E-state index >= 15 is 0 Å². The molecule has 0 bridgehead atoms. The van der Waals surface area contributed by atoms with Crippen LogP contribution >= 0.6 is 7.51 Å². The highest BCUT2D eigenvalue weighted by atomic mass is 31.2. The zero-order valence-corrected chi connectivity index (χ0v) is 3.83. The summed E-state index contributed by atoms with van der Waals surface area (Å²) in [5, 5.41) is 0. The van der Waals surface area contributed by atoms with Crippen molar-refractivity contribution in [2.75, 3.05) is 0 Å². The lowest BCUT2D eigenvalue weighted by molar-refractivity contribution is 0.753. The van der Waals surface area contributed by atoms with Gasteiger partial charge < -0.3 is 0 Å². The summed E-state index contributed by atoms with van der Waals surface area (Å²) in [6.07, 6.45) is 1.38. The summed E-state index contributed by atoms with van der Waals surface area (Å²) in [6.45, 7) is 0. The molecule has 1 aliphatic heterocycles. The van der Waals surface area contributed by atoms with Gasteiger partial charge in [-0.2, -0.15) is 8.39 Å². The molecule has 0 unspecified atom stereocenters. The van der Waals surface area contributed by atoms with E-state index in [0.717, 1.165) is 11.6 Å². The molecular formula is C3H3F2P. The van der Waals surface area contributed by atoms with Gasteiger partial charge in [0.25, 0.3) is 0 Å². The first-order valence-electron chi connectivity index (χ1n) is 1.52. The van der Waals surface area contributed by atoms with Crippen LogP contribution in [0.3, 0.4) is 0 Å². The topological polar surface area (TPSA) is 0 Å². The molecule has 0 radical (unpaired) electrons. The minimum absolute atomic E-state index is 0.965. The second-order valence-corrected chi connectivity index (χ2v) is 2.90. The van der Waals surface area contributed by atoms with Crippen LogP contribution in [0, 0.1) is 0 Å². The molecule has 34 valence electrons. The number of allylic oxidation sites excluding steroid dienone is 1. The molecule has 0 saturated carbocycles. The summed E-state index contributed by atoms with van der Waals surface area (Å²) in [6, 6.07) is 0.